The normalized spacial score (nSPS) is 32.3. The van der Waals surface area contributed by atoms with Crippen molar-refractivity contribution in [2.75, 3.05) is 6.61 Å². The van der Waals surface area contributed by atoms with Crippen LogP contribution in [0.1, 0.15) is 46.0 Å². The van der Waals surface area contributed by atoms with E-state index in [-0.39, 0.29) is 18.4 Å². The summed E-state index contributed by atoms with van der Waals surface area (Å²) in [5.41, 5.74) is 5.14. The summed E-state index contributed by atoms with van der Waals surface area (Å²) in [4.78, 5) is 11.5. The molecular weight excluding hydrogens is 226 g/mol. The average Bonchev–Trinajstić information content (AvgIpc) is 2.72. The Morgan fingerprint density at radius 2 is 2.00 bits per heavy atom. The molecule has 2 saturated carbocycles. The second-order valence-electron chi connectivity index (χ2n) is 5.95. The van der Waals surface area contributed by atoms with Crippen LogP contribution in [-0.4, -0.2) is 18.1 Å². The lowest BCUT2D eigenvalue weighted by Gasteiger charge is -2.27. The Morgan fingerprint density at radius 1 is 1.44 bits per heavy atom. The minimum Gasteiger partial charge on any atom is -0.464 e. The Morgan fingerprint density at radius 3 is 2.38 bits per heavy atom. The fourth-order valence-corrected chi connectivity index (χ4v) is 2.92. The molecule has 0 radical (unpaired) electrons. The van der Waals surface area contributed by atoms with E-state index in [4.69, 9.17) is 10.5 Å². The van der Waals surface area contributed by atoms with Gasteiger partial charge in [0.05, 0.1) is 6.61 Å². The molecule has 2 aliphatic rings. The predicted molar refractivity (Wildman–Crippen MR) is 65.5 cm³/mol. The molecule has 2 rings (SSSR count). The standard InChI is InChI=1S/C12H21NO2.ClH/c1-11(2,13)10(14)15-8-12-5-3-9(7-12)4-6-12;/h9H,3-8,13H2,1-2H3;1H. The van der Waals surface area contributed by atoms with Gasteiger partial charge in [0, 0.05) is 5.41 Å². The van der Waals surface area contributed by atoms with Gasteiger partial charge in [-0.05, 0) is 51.9 Å². The second-order valence-corrected chi connectivity index (χ2v) is 5.95. The molecule has 0 atom stereocenters. The van der Waals surface area contributed by atoms with Crippen molar-refractivity contribution < 1.29 is 9.53 Å². The van der Waals surface area contributed by atoms with E-state index in [1.165, 1.54) is 32.1 Å². The van der Waals surface area contributed by atoms with E-state index in [9.17, 15) is 4.79 Å². The molecule has 2 N–H and O–H groups in total. The highest BCUT2D eigenvalue weighted by Gasteiger charge is 2.45. The molecule has 2 aliphatic carbocycles. The molecule has 0 amide bonds. The third kappa shape index (κ3) is 2.69. The van der Waals surface area contributed by atoms with Crippen molar-refractivity contribution in [1.82, 2.24) is 0 Å². The molecule has 2 bridgehead atoms. The molecule has 94 valence electrons. The minimum absolute atomic E-state index is 0. The van der Waals surface area contributed by atoms with Crippen molar-refractivity contribution >= 4 is 18.4 Å². The van der Waals surface area contributed by atoms with Crippen molar-refractivity contribution in [2.24, 2.45) is 17.1 Å². The summed E-state index contributed by atoms with van der Waals surface area (Å²) < 4.78 is 5.35. The van der Waals surface area contributed by atoms with E-state index in [1.807, 2.05) is 0 Å². The SMILES string of the molecule is CC(C)(N)C(=O)OCC12CCC(CC1)C2.Cl. The Hall–Kier alpha value is -0.280. The van der Waals surface area contributed by atoms with Gasteiger partial charge in [-0.1, -0.05) is 0 Å². The van der Waals surface area contributed by atoms with Crippen LogP contribution >= 0.6 is 12.4 Å². The molecule has 0 heterocycles. The molecule has 0 unspecified atom stereocenters. The molecule has 4 heteroatoms. The first-order valence-corrected chi connectivity index (χ1v) is 5.87. The van der Waals surface area contributed by atoms with Gasteiger partial charge in [-0.15, -0.1) is 12.4 Å². The van der Waals surface area contributed by atoms with E-state index in [1.54, 1.807) is 13.8 Å². The van der Waals surface area contributed by atoms with Crippen molar-refractivity contribution in [3.05, 3.63) is 0 Å². The predicted octanol–water partition coefficient (Wildman–Crippen LogP) is 2.27. The van der Waals surface area contributed by atoms with Gasteiger partial charge in [-0.25, -0.2) is 0 Å². The Balaban J connectivity index is 0.00000128. The second kappa shape index (κ2) is 4.53. The van der Waals surface area contributed by atoms with Gasteiger partial charge in [0.15, 0.2) is 0 Å². The number of carbonyl (C=O) groups excluding carboxylic acids is 1. The van der Waals surface area contributed by atoms with Gasteiger partial charge < -0.3 is 10.5 Å². The molecule has 0 spiro atoms. The molecule has 16 heavy (non-hydrogen) atoms. The summed E-state index contributed by atoms with van der Waals surface area (Å²) in [5, 5.41) is 0. The van der Waals surface area contributed by atoms with Crippen LogP contribution in [0.4, 0.5) is 0 Å². The maximum atomic E-state index is 11.5. The molecule has 0 saturated heterocycles. The smallest absolute Gasteiger partial charge is 0.325 e. The van der Waals surface area contributed by atoms with E-state index >= 15 is 0 Å². The zero-order chi connectivity index (χ0) is 11.1. The van der Waals surface area contributed by atoms with E-state index in [0.717, 1.165) is 5.92 Å². The summed E-state index contributed by atoms with van der Waals surface area (Å²) in [6.45, 7) is 3.97. The highest BCUT2D eigenvalue weighted by Crippen LogP contribution is 2.54. The summed E-state index contributed by atoms with van der Waals surface area (Å²) in [6, 6.07) is 0. The molecule has 2 fully saturated rings. The number of ether oxygens (including phenoxy) is 1. The average molecular weight is 248 g/mol. The van der Waals surface area contributed by atoms with Crippen LogP contribution in [0.2, 0.25) is 0 Å². The lowest BCUT2D eigenvalue weighted by molar-refractivity contribution is -0.152. The van der Waals surface area contributed by atoms with Crippen LogP contribution in [0.15, 0.2) is 0 Å². The maximum absolute atomic E-state index is 11.5. The Bertz CT molecular complexity index is 265. The number of nitrogens with two attached hydrogens (primary N) is 1. The van der Waals surface area contributed by atoms with Gasteiger partial charge >= 0.3 is 5.97 Å². The summed E-state index contributed by atoms with van der Waals surface area (Å²) in [5.74, 6) is 0.627. The fraction of sp³-hybridized carbons (Fsp3) is 0.917. The van der Waals surface area contributed by atoms with E-state index in [0.29, 0.717) is 12.0 Å². The molecule has 0 aromatic rings. The number of rotatable bonds is 3. The zero-order valence-corrected chi connectivity index (χ0v) is 10.9. The van der Waals surface area contributed by atoms with Crippen LogP contribution < -0.4 is 5.73 Å². The number of halogens is 1. The van der Waals surface area contributed by atoms with Crippen molar-refractivity contribution in [3.8, 4) is 0 Å². The van der Waals surface area contributed by atoms with Crippen LogP contribution in [0.5, 0.6) is 0 Å². The third-order valence-electron chi connectivity index (χ3n) is 3.92. The topological polar surface area (TPSA) is 52.3 Å². The summed E-state index contributed by atoms with van der Waals surface area (Å²) in [7, 11) is 0. The molecule has 0 aromatic carbocycles. The number of fused-ring (bicyclic) bond motifs is 2. The lowest BCUT2D eigenvalue weighted by Crippen LogP contribution is -2.44. The van der Waals surface area contributed by atoms with E-state index < -0.39 is 5.54 Å². The van der Waals surface area contributed by atoms with Crippen molar-refractivity contribution in [3.63, 3.8) is 0 Å². The van der Waals surface area contributed by atoms with Gasteiger partial charge in [0.25, 0.3) is 0 Å². The number of esters is 1. The van der Waals surface area contributed by atoms with Crippen molar-refractivity contribution in [1.29, 1.82) is 0 Å². The largest absolute Gasteiger partial charge is 0.464 e. The van der Waals surface area contributed by atoms with Crippen molar-refractivity contribution in [2.45, 2.75) is 51.5 Å². The summed E-state index contributed by atoms with van der Waals surface area (Å²) >= 11 is 0. The van der Waals surface area contributed by atoms with Gasteiger partial charge in [-0.2, -0.15) is 0 Å². The first-order chi connectivity index (χ1) is 6.91. The van der Waals surface area contributed by atoms with Crippen LogP contribution in [-0.2, 0) is 9.53 Å². The summed E-state index contributed by atoms with van der Waals surface area (Å²) in [6.07, 6.45) is 6.37. The molecule has 3 nitrogen and oxygen atoms in total. The van der Waals surface area contributed by atoms with Gasteiger partial charge in [-0.3, -0.25) is 4.79 Å². The monoisotopic (exact) mass is 247 g/mol. The highest BCUT2D eigenvalue weighted by atomic mass is 35.5. The maximum Gasteiger partial charge on any atom is 0.325 e. The van der Waals surface area contributed by atoms with Crippen LogP contribution in [0.3, 0.4) is 0 Å². The minimum atomic E-state index is -0.854. The van der Waals surface area contributed by atoms with Crippen LogP contribution in [0, 0.1) is 11.3 Å². The molecule has 0 aromatic heterocycles. The number of hydrogen-bond acceptors (Lipinski definition) is 3. The Labute approximate surface area is 104 Å². The fourth-order valence-electron chi connectivity index (χ4n) is 2.92. The molecule has 0 aliphatic heterocycles. The molecular formula is C12H22ClNO2. The van der Waals surface area contributed by atoms with Gasteiger partial charge in [0.2, 0.25) is 0 Å². The first-order valence-electron chi connectivity index (χ1n) is 5.87. The van der Waals surface area contributed by atoms with Gasteiger partial charge in [0.1, 0.15) is 5.54 Å². The Kier molecular flexibility index (Phi) is 3.91. The zero-order valence-electron chi connectivity index (χ0n) is 10.1. The number of hydrogen-bond donors (Lipinski definition) is 1. The first kappa shape index (κ1) is 13.8. The lowest BCUT2D eigenvalue weighted by atomic mass is 9.85. The third-order valence-corrected chi connectivity index (χ3v) is 3.92. The quantitative estimate of drug-likeness (QED) is 0.779. The van der Waals surface area contributed by atoms with E-state index in [2.05, 4.69) is 0 Å². The number of carbonyl (C=O) groups is 1. The highest BCUT2D eigenvalue weighted by molar-refractivity contribution is 5.85. The van der Waals surface area contributed by atoms with Crippen LogP contribution in [0.25, 0.3) is 0 Å².